The van der Waals surface area contributed by atoms with Crippen LogP contribution >= 0.6 is 0 Å². The minimum atomic E-state index is 0.566. The summed E-state index contributed by atoms with van der Waals surface area (Å²) in [5.41, 5.74) is 0. The highest BCUT2D eigenvalue weighted by molar-refractivity contribution is 5.31. The highest BCUT2D eigenvalue weighted by Gasteiger charge is 2.18. The smallest absolute Gasteiger partial charge is 0.119 e. The molecule has 0 saturated carbocycles. The van der Waals surface area contributed by atoms with Gasteiger partial charge in [0.25, 0.3) is 0 Å². The molecular formula is C12H16O3. The van der Waals surface area contributed by atoms with Crippen molar-refractivity contribution in [1.29, 1.82) is 0 Å². The third kappa shape index (κ3) is 2.86. The molecule has 1 heterocycles. The third-order valence-corrected chi connectivity index (χ3v) is 2.33. The first-order valence-electron chi connectivity index (χ1n) is 5.32. The molecule has 0 N–H and O–H groups in total. The average Bonchev–Trinajstić information content (AvgIpc) is 2.19. The van der Waals surface area contributed by atoms with Gasteiger partial charge in [0.15, 0.2) is 0 Å². The van der Waals surface area contributed by atoms with E-state index in [2.05, 4.69) is 0 Å². The molecule has 1 saturated heterocycles. The highest BCUT2D eigenvalue weighted by Crippen LogP contribution is 2.19. The van der Waals surface area contributed by atoms with Gasteiger partial charge in [0.1, 0.15) is 11.5 Å². The van der Waals surface area contributed by atoms with Gasteiger partial charge < -0.3 is 14.2 Å². The predicted molar refractivity (Wildman–Crippen MR) is 57.4 cm³/mol. The van der Waals surface area contributed by atoms with Crippen molar-refractivity contribution in [1.82, 2.24) is 0 Å². The van der Waals surface area contributed by atoms with E-state index < -0.39 is 0 Å². The van der Waals surface area contributed by atoms with Crippen LogP contribution in [-0.2, 0) is 4.74 Å². The molecule has 0 bridgehead atoms. The van der Waals surface area contributed by atoms with Crippen LogP contribution in [0.25, 0.3) is 0 Å². The lowest BCUT2D eigenvalue weighted by molar-refractivity contribution is -0.0508. The van der Waals surface area contributed by atoms with Crippen LogP contribution in [-0.4, -0.2) is 26.4 Å². The Kier molecular flexibility index (Phi) is 3.45. The van der Waals surface area contributed by atoms with E-state index in [1.165, 1.54) is 0 Å². The second-order valence-corrected chi connectivity index (χ2v) is 3.62. The molecule has 82 valence electrons. The summed E-state index contributed by atoms with van der Waals surface area (Å²) in [7, 11) is 0. The van der Waals surface area contributed by atoms with Crippen molar-refractivity contribution < 1.29 is 14.2 Å². The van der Waals surface area contributed by atoms with Gasteiger partial charge in [-0.25, -0.2) is 0 Å². The Labute approximate surface area is 90.0 Å². The topological polar surface area (TPSA) is 27.7 Å². The molecule has 0 radical (unpaired) electrons. The van der Waals surface area contributed by atoms with Crippen molar-refractivity contribution >= 4 is 0 Å². The first-order valence-corrected chi connectivity index (χ1v) is 5.32. The summed E-state index contributed by atoms with van der Waals surface area (Å²) in [5, 5.41) is 0. The summed E-state index contributed by atoms with van der Waals surface area (Å²) >= 11 is 0. The van der Waals surface area contributed by atoms with Crippen LogP contribution in [0.15, 0.2) is 24.3 Å². The Morgan fingerprint density at radius 1 is 1.13 bits per heavy atom. The van der Waals surface area contributed by atoms with Gasteiger partial charge in [-0.2, -0.15) is 0 Å². The van der Waals surface area contributed by atoms with Gasteiger partial charge in [-0.15, -0.1) is 0 Å². The SMILES string of the molecule is CCOc1ccc(OCC2COC2)cc1. The molecule has 0 unspecified atom stereocenters. The summed E-state index contributed by atoms with van der Waals surface area (Å²) in [4.78, 5) is 0. The summed E-state index contributed by atoms with van der Waals surface area (Å²) in [6.07, 6.45) is 0. The Hall–Kier alpha value is -1.22. The van der Waals surface area contributed by atoms with Crippen molar-refractivity contribution in [3.05, 3.63) is 24.3 Å². The van der Waals surface area contributed by atoms with Crippen LogP contribution in [0.4, 0.5) is 0 Å². The van der Waals surface area contributed by atoms with Gasteiger partial charge in [-0.05, 0) is 31.2 Å². The second-order valence-electron chi connectivity index (χ2n) is 3.62. The number of ether oxygens (including phenoxy) is 3. The van der Waals surface area contributed by atoms with Crippen LogP contribution < -0.4 is 9.47 Å². The maximum atomic E-state index is 5.61. The molecule has 1 aliphatic rings. The van der Waals surface area contributed by atoms with Crippen LogP contribution in [0.1, 0.15) is 6.92 Å². The van der Waals surface area contributed by atoms with E-state index in [1.807, 2.05) is 31.2 Å². The van der Waals surface area contributed by atoms with E-state index in [0.29, 0.717) is 12.5 Å². The monoisotopic (exact) mass is 208 g/mol. The maximum absolute atomic E-state index is 5.61. The fourth-order valence-corrected chi connectivity index (χ4v) is 1.39. The maximum Gasteiger partial charge on any atom is 0.119 e. The molecule has 0 aromatic heterocycles. The summed E-state index contributed by atoms with van der Waals surface area (Å²) in [6, 6.07) is 7.72. The molecule has 0 aliphatic carbocycles. The van der Waals surface area contributed by atoms with E-state index in [0.717, 1.165) is 31.3 Å². The summed E-state index contributed by atoms with van der Waals surface area (Å²) in [6.45, 7) is 5.07. The van der Waals surface area contributed by atoms with Crippen LogP contribution in [0, 0.1) is 5.92 Å². The van der Waals surface area contributed by atoms with Gasteiger partial charge in [0.05, 0.1) is 26.4 Å². The predicted octanol–water partition coefficient (Wildman–Crippen LogP) is 2.11. The van der Waals surface area contributed by atoms with Gasteiger partial charge in [-0.1, -0.05) is 0 Å². The van der Waals surface area contributed by atoms with Crippen molar-refractivity contribution in [2.24, 2.45) is 5.92 Å². The molecule has 2 rings (SSSR count). The van der Waals surface area contributed by atoms with Crippen molar-refractivity contribution in [3.63, 3.8) is 0 Å². The number of hydrogen-bond acceptors (Lipinski definition) is 3. The van der Waals surface area contributed by atoms with Gasteiger partial charge in [0.2, 0.25) is 0 Å². The lowest BCUT2D eigenvalue weighted by Crippen LogP contribution is -2.32. The molecule has 3 heteroatoms. The normalized spacial score (nSPS) is 15.8. The summed E-state index contributed by atoms with van der Waals surface area (Å²) < 4.78 is 16.0. The molecular weight excluding hydrogens is 192 g/mol. The van der Waals surface area contributed by atoms with E-state index in [4.69, 9.17) is 14.2 Å². The standard InChI is InChI=1S/C12H16O3/c1-2-14-11-3-5-12(6-4-11)15-9-10-7-13-8-10/h3-6,10H,2,7-9H2,1H3. The minimum Gasteiger partial charge on any atom is -0.494 e. The van der Waals surface area contributed by atoms with E-state index in [9.17, 15) is 0 Å². The van der Waals surface area contributed by atoms with Crippen molar-refractivity contribution in [2.45, 2.75) is 6.92 Å². The van der Waals surface area contributed by atoms with Gasteiger partial charge in [0, 0.05) is 5.92 Å². The van der Waals surface area contributed by atoms with E-state index in [-0.39, 0.29) is 0 Å². The molecule has 0 spiro atoms. The number of rotatable bonds is 5. The second kappa shape index (κ2) is 5.03. The van der Waals surface area contributed by atoms with Crippen molar-refractivity contribution in [3.8, 4) is 11.5 Å². The quantitative estimate of drug-likeness (QED) is 0.741. The first kappa shape index (κ1) is 10.3. The molecule has 0 amide bonds. The molecule has 1 aromatic carbocycles. The van der Waals surface area contributed by atoms with Crippen LogP contribution in [0.2, 0.25) is 0 Å². The largest absolute Gasteiger partial charge is 0.494 e. The van der Waals surface area contributed by atoms with E-state index >= 15 is 0 Å². The fraction of sp³-hybridized carbons (Fsp3) is 0.500. The Morgan fingerprint density at radius 2 is 1.73 bits per heavy atom. The number of hydrogen-bond donors (Lipinski definition) is 0. The molecule has 1 aromatic rings. The molecule has 1 aliphatic heterocycles. The Bertz CT molecular complexity index is 290. The Morgan fingerprint density at radius 3 is 2.20 bits per heavy atom. The molecule has 1 fully saturated rings. The van der Waals surface area contributed by atoms with Gasteiger partial charge >= 0.3 is 0 Å². The zero-order chi connectivity index (χ0) is 10.5. The average molecular weight is 208 g/mol. The summed E-state index contributed by atoms with van der Waals surface area (Å²) in [5.74, 6) is 2.35. The van der Waals surface area contributed by atoms with Crippen molar-refractivity contribution in [2.75, 3.05) is 26.4 Å². The lowest BCUT2D eigenvalue weighted by Gasteiger charge is -2.25. The molecule has 0 atom stereocenters. The third-order valence-electron chi connectivity index (χ3n) is 2.33. The van der Waals surface area contributed by atoms with Crippen LogP contribution in [0.3, 0.4) is 0 Å². The van der Waals surface area contributed by atoms with Crippen LogP contribution in [0.5, 0.6) is 11.5 Å². The fourth-order valence-electron chi connectivity index (χ4n) is 1.39. The molecule has 15 heavy (non-hydrogen) atoms. The zero-order valence-corrected chi connectivity index (χ0v) is 8.94. The first-order chi connectivity index (χ1) is 7.38. The van der Waals surface area contributed by atoms with E-state index in [1.54, 1.807) is 0 Å². The minimum absolute atomic E-state index is 0.566. The number of benzene rings is 1. The Balaban J connectivity index is 1.80. The zero-order valence-electron chi connectivity index (χ0n) is 8.94. The lowest BCUT2D eigenvalue weighted by atomic mass is 10.1. The van der Waals surface area contributed by atoms with Gasteiger partial charge in [-0.3, -0.25) is 0 Å². The molecule has 3 nitrogen and oxygen atoms in total. The highest BCUT2D eigenvalue weighted by atomic mass is 16.5.